The lowest BCUT2D eigenvalue weighted by Crippen LogP contribution is -2.16. The molecule has 0 aliphatic rings. The first kappa shape index (κ1) is 11.5. The summed E-state index contributed by atoms with van der Waals surface area (Å²) in [5.41, 5.74) is 0.729. The minimum atomic E-state index is -4.66. The van der Waals surface area contributed by atoms with Gasteiger partial charge >= 0.3 is 6.36 Å². The van der Waals surface area contributed by atoms with Crippen LogP contribution >= 0.6 is 0 Å². The molecule has 0 N–H and O–H groups in total. The van der Waals surface area contributed by atoms with Gasteiger partial charge in [0, 0.05) is 25.0 Å². The van der Waals surface area contributed by atoms with Crippen molar-refractivity contribution in [1.82, 2.24) is 9.55 Å². The van der Waals surface area contributed by atoms with Gasteiger partial charge in [-0.2, -0.15) is 0 Å². The lowest BCUT2D eigenvalue weighted by Gasteiger charge is -2.09. The van der Waals surface area contributed by atoms with Gasteiger partial charge in [0.2, 0.25) is 0 Å². The number of hydrogen-bond acceptors (Lipinski definition) is 2. The zero-order chi connectivity index (χ0) is 12.5. The van der Waals surface area contributed by atoms with Crippen molar-refractivity contribution in [1.29, 1.82) is 0 Å². The molecule has 0 saturated heterocycles. The van der Waals surface area contributed by atoms with E-state index in [0.717, 1.165) is 5.56 Å². The molecule has 6 heteroatoms. The van der Waals surface area contributed by atoms with E-state index in [0.29, 0.717) is 5.82 Å². The maximum Gasteiger partial charge on any atom is 0.573 e. The summed E-state index contributed by atoms with van der Waals surface area (Å²) in [5.74, 6) is 0.444. The summed E-state index contributed by atoms with van der Waals surface area (Å²) >= 11 is 0. The van der Waals surface area contributed by atoms with Crippen LogP contribution in [0.5, 0.6) is 5.75 Å². The molecule has 0 spiro atoms. The Bertz CT molecular complexity index is 502. The second-order valence-corrected chi connectivity index (χ2v) is 3.43. The molecule has 0 fully saturated rings. The summed E-state index contributed by atoms with van der Waals surface area (Å²) in [4.78, 5) is 4.09. The van der Waals surface area contributed by atoms with Crippen molar-refractivity contribution in [2.24, 2.45) is 7.05 Å². The van der Waals surface area contributed by atoms with Crippen molar-refractivity contribution in [3.8, 4) is 17.1 Å². The van der Waals surface area contributed by atoms with Crippen LogP contribution in [0.2, 0.25) is 0 Å². The van der Waals surface area contributed by atoms with Gasteiger partial charge in [-0.15, -0.1) is 13.2 Å². The maximum absolute atomic E-state index is 11.9. The van der Waals surface area contributed by atoms with Crippen molar-refractivity contribution in [2.75, 3.05) is 0 Å². The fourth-order valence-electron chi connectivity index (χ4n) is 1.45. The quantitative estimate of drug-likeness (QED) is 0.809. The number of halogens is 3. The molecule has 90 valence electrons. The molecule has 2 aromatic rings. The lowest BCUT2D eigenvalue weighted by molar-refractivity contribution is -0.274. The number of benzene rings is 1. The Balaban J connectivity index is 2.22. The van der Waals surface area contributed by atoms with E-state index in [2.05, 4.69) is 9.72 Å². The van der Waals surface area contributed by atoms with Crippen LogP contribution in [0.25, 0.3) is 11.4 Å². The molecule has 1 aromatic carbocycles. The first-order valence-electron chi connectivity index (χ1n) is 4.79. The number of alkyl halides is 3. The topological polar surface area (TPSA) is 27.1 Å². The molecule has 1 heterocycles. The Hall–Kier alpha value is -1.98. The monoisotopic (exact) mass is 242 g/mol. The lowest BCUT2D eigenvalue weighted by atomic mass is 10.2. The van der Waals surface area contributed by atoms with Gasteiger partial charge in [-0.05, 0) is 24.3 Å². The van der Waals surface area contributed by atoms with Gasteiger partial charge in [-0.1, -0.05) is 0 Å². The van der Waals surface area contributed by atoms with Crippen molar-refractivity contribution in [3.63, 3.8) is 0 Å². The van der Waals surface area contributed by atoms with Crippen LogP contribution in [-0.2, 0) is 7.05 Å². The second kappa shape index (κ2) is 4.12. The van der Waals surface area contributed by atoms with E-state index in [1.807, 2.05) is 7.05 Å². The summed E-state index contributed by atoms with van der Waals surface area (Å²) in [5, 5.41) is 0. The van der Waals surface area contributed by atoms with Gasteiger partial charge in [0.15, 0.2) is 0 Å². The van der Waals surface area contributed by atoms with E-state index in [4.69, 9.17) is 0 Å². The summed E-state index contributed by atoms with van der Waals surface area (Å²) < 4.78 is 41.4. The largest absolute Gasteiger partial charge is 0.573 e. The minimum Gasteiger partial charge on any atom is -0.406 e. The van der Waals surface area contributed by atoms with Crippen LogP contribution in [0.1, 0.15) is 0 Å². The zero-order valence-corrected chi connectivity index (χ0v) is 8.90. The van der Waals surface area contributed by atoms with Gasteiger partial charge < -0.3 is 9.30 Å². The molecule has 0 aliphatic carbocycles. The number of imidazole rings is 1. The van der Waals surface area contributed by atoms with E-state index in [1.165, 1.54) is 24.3 Å². The SMILES string of the molecule is Cn1ccnc1-c1ccc(OC(F)(F)F)cc1. The van der Waals surface area contributed by atoms with Gasteiger partial charge in [0.1, 0.15) is 11.6 Å². The molecule has 0 unspecified atom stereocenters. The van der Waals surface area contributed by atoms with Crippen LogP contribution in [0.3, 0.4) is 0 Å². The average molecular weight is 242 g/mol. The first-order chi connectivity index (χ1) is 7.96. The summed E-state index contributed by atoms with van der Waals surface area (Å²) in [6, 6.07) is 5.59. The molecule has 0 bridgehead atoms. The molecular formula is C11H9F3N2O. The summed E-state index contributed by atoms with van der Waals surface area (Å²) in [7, 11) is 1.81. The van der Waals surface area contributed by atoms with Gasteiger partial charge in [-0.3, -0.25) is 0 Å². The number of nitrogens with zero attached hydrogens (tertiary/aromatic N) is 2. The van der Waals surface area contributed by atoms with Crippen LogP contribution < -0.4 is 4.74 Å². The van der Waals surface area contributed by atoms with E-state index in [1.54, 1.807) is 17.0 Å². The molecule has 17 heavy (non-hydrogen) atoms. The Morgan fingerprint density at radius 3 is 2.29 bits per heavy atom. The Morgan fingerprint density at radius 2 is 1.82 bits per heavy atom. The fraction of sp³-hybridized carbons (Fsp3) is 0.182. The standard InChI is InChI=1S/C11H9F3N2O/c1-16-7-6-15-10(16)8-2-4-9(5-3-8)17-11(12,13)14/h2-7H,1H3. The highest BCUT2D eigenvalue weighted by molar-refractivity contribution is 5.56. The summed E-state index contributed by atoms with van der Waals surface area (Å²) in [6.07, 6.45) is -1.28. The Kier molecular flexibility index (Phi) is 2.79. The van der Waals surface area contributed by atoms with Gasteiger partial charge in [-0.25, -0.2) is 4.98 Å². The highest BCUT2D eigenvalue weighted by atomic mass is 19.4. The Labute approximate surface area is 95.5 Å². The highest BCUT2D eigenvalue weighted by Gasteiger charge is 2.30. The predicted molar refractivity (Wildman–Crippen MR) is 55.3 cm³/mol. The van der Waals surface area contributed by atoms with Crippen molar-refractivity contribution in [2.45, 2.75) is 6.36 Å². The minimum absolute atomic E-state index is 0.240. The van der Waals surface area contributed by atoms with Crippen molar-refractivity contribution < 1.29 is 17.9 Å². The van der Waals surface area contributed by atoms with E-state index < -0.39 is 6.36 Å². The third-order valence-corrected chi connectivity index (χ3v) is 2.17. The molecule has 1 aromatic heterocycles. The third-order valence-electron chi connectivity index (χ3n) is 2.17. The van der Waals surface area contributed by atoms with Crippen molar-refractivity contribution in [3.05, 3.63) is 36.7 Å². The number of ether oxygens (including phenoxy) is 1. The number of rotatable bonds is 2. The summed E-state index contributed by atoms with van der Waals surface area (Å²) in [6.45, 7) is 0. The van der Waals surface area contributed by atoms with Crippen LogP contribution in [0.15, 0.2) is 36.7 Å². The molecular weight excluding hydrogens is 233 g/mol. The molecule has 3 nitrogen and oxygen atoms in total. The van der Waals surface area contributed by atoms with Crippen LogP contribution in [0.4, 0.5) is 13.2 Å². The number of aryl methyl sites for hydroxylation is 1. The van der Waals surface area contributed by atoms with Crippen LogP contribution in [0, 0.1) is 0 Å². The van der Waals surface area contributed by atoms with Crippen LogP contribution in [-0.4, -0.2) is 15.9 Å². The molecule has 0 radical (unpaired) electrons. The highest BCUT2D eigenvalue weighted by Crippen LogP contribution is 2.25. The molecule has 2 rings (SSSR count). The predicted octanol–water partition coefficient (Wildman–Crippen LogP) is 2.99. The Morgan fingerprint density at radius 1 is 1.18 bits per heavy atom. The van der Waals surface area contributed by atoms with Gasteiger partial charge in [0.05, 0.1) is 0 Å². The first-order valence-corrected chi connectivity index (χ1v) is 4.79. The van der Waals surface area contributed by atoms with Gasteiger partial charge in [0.25, 0.3) is 0 Å². The maximum atomic E-state index is 11.9. The second-order valence-electron chi connectivity index (χ2n) is 3.43. The zero-order valence-electron chi connectivity index (χ0n) is 8.90. The van der Waals surface area contributed by atoms with E-state index >= 15 is 0 Å². The van der Waals surface area contributed by atoms with E-state index in [9.17, 15) is 13.2 Å². The number of hydrogen-bond donors (Lipinski definition) is 0. The third kappa shape index (κ3) is 2.77. The fourth-order valence-corrected chi connectivity index (χ4v) is 1.45. The normalized spacial score (nSPS) is 11.5. The molecule has 0 saturated carbocycles. The molecule has 0 atom stereocenters. The molecule has 0 aliphatic heterocycles. The van der Waals surface area contributed by atoms with Crippen molar-refractivity contribution >= 4 is 0 Å². The number of aromatic nitrogens is 2. The smallest absolute Gasteiger partial charge is 0.406 e. The van der Waals surface area contributed by atoms with E-state index in [-0.39, 0.29) is 5.75 Å². The average Bonchev–Trinajstić information content (AvgIpc) is 2.63. The molecule has 0 amide bonds.